The molecule has 9 heteroatoms. The maximum absolute atomic E-state index is 13.1. The third kappa shape index (κ3) is 5.12. The lowest BCUT2D eigenvalue weighted by Crippen LogP contribution is -2.38. The Kier molecular flexibility index (Phi) is 6.88. The van der Waals surface area contributed by atoms with Crippen molar-refractivity contribution in [1.29, 1.82) is 0 Å². The van der Waals surface area contributed by atoms with Crippen LogP contribution < -0.4 is 10.0 Å². The third-order valence-corrected chi connectivity index (χ3v) is 7.89. The van der Waals surface area contributed by atoms with Crippen LogP contribution in [0.15, 0.2) is 59.6 Å². The van der Waals surface area contributed by atoms with Crippen LogP contribution in [0.25, 0.3) is 16.6 Å². The lowest BCUT2D eigenvalue weighted by atomic mass is 10.1. The first kappa shape index (κ1) is 25.4. The Hall–Kier alpha value is -3.69. The summed E-state index contributed by atoms with van der Waals surface area (Å²) in [4.78, 5) is 11.7. The van der Waals surface area contributed by atoms with E-state index in [1.54, 1.807) is 29.1 Å². The second-order valence-electron chi connectivity index (χ2n) is 9.29. The van der Waals surface area contributed by atoms with E-state index in [4.69, 9.17) is 0 Å². The predicted molar refractivity (Wildman–Crippen MR) is 142 cm³/mol. The molecule has 1 heterocycles. The molecule has 188 valence electrons. The number of fused-ring (bicyclic) bond motifs is 1. The highest BCUT2D eigenvalue weighted by molar-refractivity contribution is 7.89. The minimum atomic E-state index is -3.69. The van der Waals surface area contributed by atoms with Crippen molar-refractivity contribution in [2.75, 3.05) is 11.9 Å². The Morgan fingerprint density at radius 3 is 2.36 bits per heavy atom. The number of nitrogens with zero attached hydrogens (tertiary/aromatic N) is 2. The van der Waals surface area contributed by atoms with Gasteiger partial charge in [0.25, 0.3) is 0 Å². The zero-order valence-electron chi connectivity index (χ0n) is 21.0. The summed E-state index contributed by atoms with van der Waals surface area (Å²) in [6.45, 7) is 9.71. The zero-order chi connectivity index (χ0) is 26.2. The Morgan fingerprint density at radius 2 is 1.69 bits per heavy atom. The van der Waals surface area contributed by atoms with Gasteiger partial charge in [-0.2, -0.15) is 5.10 Å². The number of aryl methyl sites for hydroxylation is 4. The Labute approximate surface area is 211 Å². The molecule has 4 aromatic rings. The molecule has 0 radical (unpaired) electrons. The number of rotatable bonds is 8. The minimum Gasteiger partial charge on any atom is -0.478 e. The highest BCUT2D eigenvalue weighted by atomic mass is 32.2. The van der Waals surface area contributed by atoms with Gasteiger partial charge in [0.2, 0.25) is 10.0 Å². The molecule has 36 heavy (non-hydrogen) atoms. The van der Waals surface area contributed by atoms with Crippen LogP contribution in [0.3, 0.4) is 0 Å². The molecule has 0 fully saturated rings. The van der Waals surface area contributed by atoms with E-state index in [0.29, 0.717) is 17.1 Å². The van der Waals surface area contributed by atoms with Crippen molar-refractivity contribution in [2.45, 2.75) is 45.6 Å². The van der Waals surface area contributed by atoms with Crippen molar-refractivity contribution in [2.24, 2.45) is 0 Å². The third-order valence-electron chi connectivity index (χ3n) is 6.00. The highest BCUT2D eigenvalue weighted by Crippen LogP contribution is 2.28. The number of nitrogens with one attached hydrogen (secondary N) is 2. The number of aromatic nitrogens is 2. The van der Waals surface area contributed by atoms with Gasteiger partial charge >= 0.3 is 5.97 Å². The van der Waals surface area contributed by atoms with Gasteiger partial charge in [-0.1, -0.05) is 23.8 Å². The van der Waals surface area contributed by atoms with E-state index >= 15 is 0 Å². The van der Waals surface area contributed by atoms with Gasteiger partial charge in [-0.05, 0) is 81.6 Å². The second-order valence-corrected chi connectivity index (χ2v) is 10.9. The van der Waals surface area contributed by atoms with Crippen LogP contribution in [-0.4, -0.2) is 41.9 Å². The van der Waals surface area contributed by atoms with Crippen molar-refractivity contribution < 1.29 is 18.3 Å². The normalized spacial score (nSPS) is 12.6. The van der Waals surface area contributed by atoms with Crippen LogP contribution in [0.4, 0.5) is 5.69 Å². The van der Waals surface area contributed by atoms with Crippen molar-refractivity contribution >= 4 is 32.6 Å². The predicted octanol–water partition coefficient (Wildman–Crippen LogP) is 4.74. The van der Waals surface area contributed by atoms with Crippen molar-refractivity contribution in [3.8, 4) is 5.69 Å². The first-order valence-electron chi connectivity index (χ1n) is 11.6. The van der Waals surface area contributed by atoms with Crippen LogP contribution in [0.1, 0.15) is 39.5 Å². The highest BCUT2D eigenvalue weighted by Gasteiger charge is 2.22. The summed E-state index contributed by atoms with van der Waals surface area (Å²) in [6.07, 6.45) is 1.72. The van der Waals surface area contributed by atoms with Crippen LogP contribution >= 0.6 is 0 Å². The van der Waals surface area contributed by atoms with Crippen LogP contribution in [0.2, 0.25) is 0 Å². The van der Waals surface area contributed by atoms with Gasteiger partial charge in [0.05, 0.1) is 27.9 Å². The number of aromatic carboxylic acids is 1. The Morgan fingerprint density at radius 1 is 1.03 bits per heavy atom. The average molecular weight is 507 g/mol. The summed E-state index contributed by atoms with van der Waals surface area (Å²) >= 11 is 0. The lowest BCUT2D eigenvalue weighted by Gasteiger charge is -2.19. The lowest BCUT2D eigenvalue weighted by molar-refractivity contribution is 0.0697. The number of carbonyl (C=O) groups is 1. The smallest absolute Gasteiger partial charge is 0.335 e. The molecule has 0 bridgehead atoms. The zero-order valence-corrected chi connectivity index (χ0v) is 21.8. The van der Waals surface area contributed by atoms with Crippen LogP contribution in [0, 0.1) is 27.7 Å². The minimum absolute atomic E-state index is 0.183. The summed E-state index contributed by atoms with van der Waals surface area (Å²) in [6, 6.07) is 13.9. The monoisotopic (exact) mass is 506 g/mol. The number of benzene rings is 3. The van der Waals surface area contributed by atoms with E-state index in [1.165, 1.54) is 6.07 Å². The summed E-state index contributed by atoms with van der Waals surface area (Å²) < 4.78 is 30.7. The molecule has 4 rings (SSSR count). The largest absolute Gasteiger partial charge is 0.478 e. The molecule has 3 aromatic carbocycles. The summed E-state index contributed by atoms with van der Waals surface area (Å²) in [5, 5.41) is 18.0. The second kappa shape index (κ2) is 9.75. The molecule has 8 nitrogen and oxygen atoms in total. The standard InChI is InChI=1S/C27H30N4O4S/c1-16-9-18(3)26(19(4)10-16)36(34,35)30-20(5)14-28-24-11-17(2)12-25-23(24)15-29-31(25)22-8-6-7-21(13-22)27(32)33/h6-13,15,20,28,30H,14H2,1-5H3,(H,32,33)/t20-/m0/s1. The fraction of sp³-hybridized carbons (Fsp3) is 0.259. The SMILES string of the molecule is Cc1cc(C)c(S(=O)(=O)N[C@@H](C)CNc2cc(C)cc3c2cnn3-c2cccc(C(=O)O)c2)c(C)c1. The molecule has 1 atom stereocenters. The molecule has 0 aliphatic rings. The first-order valence-corrected chi connectivity index (χ1v) is 13.1. The molecule has 0 amide bonds. The van der Waals surface area contributed by atoms with E-state index in [9.17, 15) is 18.3 Å². The summed E-state index contributed by atoms with van der Waals surface area (Å²) in [5.41, 5.74) is 5.92. The van der Waals surface area contributed by atoms with Crippen molar-refractivity contribution in [3.63, 3.8) is 0 Å². The Balaban J connectivity index is 1.57. The molecule has 0 aliphatic carbocycles. The van der Waals surface area contributed by atoms with E-state index < -0.39 is 16.0 Å². The molecule has 3 N–H and O–H groups in total. The van der Waals surface area contributed by atoms with Crippen LogP contribution in [-0.2, 0) is 10.0 Å². The van der Waals surface area contributed by atoms with E-state index in [-0.39, 0.29) is 11.6 Å². The van der Waals surface area contributed by atoms with Crippen molar-refractivity contribution in [1.82, 2.24) is 14.5 Å². The van der Waals surface area contributed by atoms with Gasteiger partial charge in [0, 0.05) is 23.7 Å². The molecular formula is C27H30N4O4S. The van der Waals surface area contributed by atoms with E-state index in [2.05, 4.69) is 15.1 Å². The first-order chi connectivity index (χ1) is 17.0. The molecule has 0 saturated carbocycles. The molecule has 0 unspecified atom stereocenters. The van der Waals surface area contributed by atoms with Crippen molar-refractivity contribution in [3.05, 3.63) is 82.5 Å². The van der Waals surface area contributed by atoms with Crippen LogP contribution in [0.5, 0.6) is 0 Å². The van der Waals surface area contributed by atoms with Gasteiger partial charge < -0.3 is 10.4 Å². The maximum Gasteiger partial charge on any atom is 0.335 e. The number of carboxylic acids is 1. The van der Waals surface area contributed by atoms with E-state index in [0.717, 1.165) is 38.8 Å². The molecule has 0 aliphatic heterocycles. The van der Waals surface area contributed by atoms with E-state index in [1.807, 2.05) is 58.9 Å². The quantitative estimate of drug-likeness (QED) is 0.318. The summed E-state index contributed by atoms with van der Waals surface area (Å²) in [7, 11) is -3.69. The number of anilines is 1. The summed E-state index contributed by atoms with van der Waals surface area (Å²) in [5.74, 6) is -1.00. The average Bonchev–Trinajstić information content (AvgIpc) is 3.20. The number of hydrogen-bond donors (Lipinski definition) is 3. The fourth-order valence-corrected chi connectivity index (χ4v) is 6.31. The fourth-order valence-electron chi connectivity index (χ4n) is 4.61. The van der Waals surface area contributed by atoms with Gasteiger partial charge in [0.15, 0.2) is 0 Å². The number of hydrogen-bond acceptors (Lipinski definition) is 5. The van der Waals surface area contributed by atoms with Gasteiger partial charge in [-0.25, -0.2) is 22.6 Å². The van der Waals surface area contributed by atoms with Gasteiger partial charge in [-0.15, -0.1) is 0 Å². The topological polar surface area (TPSA) is 113 Å². The molecular weight excluding hydrogens is 476 g/mol. The molecule has 0 spiro atoms. The molecule has 0 saturated heterocycles. The molecule has 1 aromatic heterocycles. The Bertz CT molecular complexity index is 1550. The maximum atomic E-state index is 13.1. The van der Waals surface area contributed by atoms with Gasteiger partial charge in [0.1, 0.15) is 0 Å². The number of sulfonamides is 1. The van der Waals surface area contributed by atoms with Gasteiger partial charge in [-0.3, -0.25) is 0 Å². The number of carboxylic acid groups (broad SMARTS) is 1.